The van der Waals surface area contributed by atoms with Crippen LogP contribution in [0.4, 0.5) is 11.4 Å². The second-order valence-corrected chi connectivity index (χ2v) is 6.26. The van der Waals surface area contributed by atoms with E-state index in [-0.39, 0.29) is 0 Å². The Morgan fingerprint density at radius 3 is 2.39 bits per heavy atom. The molecule has 0 amide bonds. The van der Waals surface area contributed by atoms with Gasteiger partial charge in [0, 0.05) is 25.8 Å². The van der Waals surface area contributed by atoms with Crippen LogP contribution in [0, 0.1) is 0 Å². The summed E-state index contributed by atoms with van der Waals surface area (Å²) in [5.41, 5.74) is 3.41. The molecule has 23 heavy (non-hydrogen) atoms. The van der Waals surface area contributed by atoms with Crippen molar-refractivity contribution in [2.75, 3.05) is 30.0 Å². The minimum Gasteiger partial charge on any atom is -0.372 e. The molecule has 0 radical (unpaired) electrons. The van der Waals surface area contributed by atoms with Crippen LogP contribution in [0.2, 0.25) is 0 Å². The fourth-order valence-corrected chi connectivity index (χ4v) is 3.28. The van der Waals surface area contributed by atoms with Crippen LogP contribution in [-0.4, -0.2) is 30.4 Å². The quantitative estimate of drug-likeness (QED) is 0.492. The molecule has 0 aliphatic carbocycles. The molecule has 2 heterocycles. The molecule has 1 saturated heterocycles. The van der Waals surface area contributed by atoms with Crippen LogP contribution < -0.4 is 14.5 Å². The molecule has 0 saturated carbocycles. The number of hydrogen-bond acceptors (Lipinski definition) is 3. The maximum absolute atomic E-state index is 4.73. The fourth-order valence-electron chi connectivity index (χ4n) is 3.28. The van der Waals surface area contributed by atoms with Crippen molar-refractivity contribution in [2.45, 2.75) is 19.8 Å². The summed E-state index contributed by atoms with van der Waals surface area (Å²) in [6, 6.07) is 8.69. The standard InChI is InChI=1S/C18H26N5/c1-15(18-20(2)13-14-21(18)3)19-22(4)16-7-9-17(10-8-16)23-11-5-6-12-23/h7-10,13-14H,5-6,11-12H2,1-4H3/q+1. The van der Waals surface area contributed by atoms with Gasteiger partial charge in [0.2, 0.25) is 0 Å². The highest BCUT2D eigenvalue weighted by molar-refractivity contribution is 5.94. The van der Waals surface area contributed by atoms with E-state index in [9.17, 15) is 0 Å². The predicted molar refractivity (Wildman–Crippen MR) is 95.1 cm³/mol. The molecule has 1 aromatic heterocycles. The summed E-state index contributed by atoms with van der Waals surface area (Å²) in [6.07, 6.45) is 6.69. The Morgan fingerprint density at radius 1 is 1.17 bits per heavy atom. The molecule has 0 unspecified atom stereocenters. The van der Waals surface area contributed by atoms with Crippen molar-refractivity contribution in [3.8, 4) is 0 Å². The number of benzene rings is 1. The van der Waals surface area contributed by atoms with Crippen LogP contribution in [0.15, 0.2) is 41.8 Å². The molecular formula is C18H26N5+. The first kappa shape index (κ1) is 15.6. The number of nitrogens with zero attached hydrogens (tertiary/aromatic N) is 5. The van der Waals surface area contributed by atoms with Gasteiger partial charge in [0.05, 0.1) is 19.8 Å². The molecule has 3 rings (SSSR count). The van der Waals surface area contributed by atoms with Gasteiger partial charge in [-0.15, -0.1) is 0 Å². The smallest absolute Gasteiger partial charge is 0.304 e. The van der Waals surface area contributed by atoms with Crippen molar-refractivity contribution in [1.29, 1.82) is 0 Å². The first-order chi connectivity index (χ1) is 11.1. The van der Waals surface area contributed by atoms with Crippen molar-refractivity contribution < 1.29 is 4.57 Å². The van der Waals surface area contributed by atoms with Gasteiger partial charge in [-0.2, -0.15) is 5.10 Å². The normalized spacial score (nSPS) is 15.3. The molecule has 2 aromatic rings. The molecule has 0 bridgehead atoms. The lowest BCUT2D eigenvalue weighted by Crippen LogP contribution is -2.35. The van der Waals surface area contributed by atoms with E-state index in [0.717, 1.165) is 17.2 Å². The van der Waals surface area contributed by atoms with Gasteiger partial charge in [0.15, 0.2) is 0 Å². The molecule has 1 aromatic carbocycles. The molecular weight excluding hydrogens is 286 g/mol. The van der Waals surface area contributed by atoms with E-state index in [2.05, 4.69) is 38.3 Å². The zero-order valence-electron chi connectivity index (χ0n) is 14.5. The van der Waals surface area contributed by atoms with Crippen LogP contribution >= 0.6 is 0 Å². The second-order valence-electron chi connectivity index (χ2n) is 6.26. The number of hydrogen-bond donors (Lipinski definition) is 0. The highest BCUT2D eigenvalue weighted by Crippen LogP contribution is 2.23. The van der Waals surface area contributed by atoms with E-state index in [1.165, 1.54) is 31.6 Å². The summed E-state index contributed by atoms with van der Waals surface area (Å²) in [4.78, 5) is 2.45. The molecule has 5 heteroatoms. The van der Waals surface area contributed by atoms with Crippen LogP contribution in [0.25, 0.3) is 0 Å². The molecule has 0 N–H and O–H groups in total. The number of rotatable bonds is 4. The molecule has 0 atom stereocenters. The lowest BCUT2D eigenvalue weighted by Gasteiger charge is -2.19. The van der Waals surface area contributed by atoms with Gasteiger partial charge in [0.1, 0.15) is 18.1 Å². The minimum atomic E-state index is 0.992. The van der Waals surface area contributed by atoms with Crippen molar-refractivity contribution in [3.05, 3.63) is 42.5 Å². The lowest BCUT2D eigenvalue weighted by atomic mass is 10.2. The van der Waals surface area contributed by atoms with Gasteiger partial charge in [-0.05, 0) is 44.0 Å². The highest BCUT2D eigenvalue weighted by Gasteiger charge is 2.16. The number of aryl methyl sites for hydroxylation is 2. The van der Waals surface area contributed by atoms with E-state index in [1.54, 1.807) is 0 Å². The topological polar surface area (TPSA) is 27.6 Å². The van der Waals surface area contributed by atoms with Crippen molar-refractivity contribution in [1.82, 2.24) is 4.57 Å². The van der Waals surface area contributed by atoms with E-state index in [4.69, 9.17) is 5.10 Å². The third kappa shape index (κ3) is 3.23. The largest absolute Gasteiger partial charge is 0.372 e. The third-order valence-corrected chi connectivity index (χ3v) is 4.50. The molecule has 1 fully saturated rings. The van der Waals surface area contributed by atoms with E-state index >= 15 is 0 Å². The van der Waals surface area contributed by atoms with E-state index in [0.29, 0.717) is 0 Å². The summed E-state index contributed by atoms with van der Waals surface area (Å²) in [5, 5.41) is 6.67. The SMILES string of the molecule is C/C(=N\N(C)c1ccc(N2CCCC2)cc1)c1n(C)cc[n+]1C. The van der Waals surface area contributed by atoms with Crippen molar-refractivity contribution in [2.24, 2.45) is 19.2 Å². The van der Waals surface area contributed by atoms with Crippen molar-refractivity contribution in [3.63, 3.8) is 0 Å². The molecule has 1 aliphatic heterocycles. The maximum Gasteiger partial charge on any atom is 0.304 e. The lowest BCUT2D eigenvalue weighted by molar-refractivity contribution is -0.672. The summed E-state index contributed by atoms with van der Waals surface area (Å²) >= 11 is 0. The van der Waals surface area contributed by atoms with Crippen LogP contribution in [0.5, 0.6) is 0 Å². The zero-order valence-corrected chi connectivity index (χ0v) is 14.5. The van der Waals surface area contributed by atoms with E-state index in [1.807, 2.05) is 45.5 Å². The monoisotopic (exact) mass is 312 g/mol. The van der Waals surface area contributed by atoms with Crippen LogP contribution in [-0.2, 0) is 14.1 Å². The number of aromatic nitrogens is 2. The number of imidazole rings is 1. The Labute approximate surface area is 138 Å². The fraction of sp³-hybridized carbons (Fsp3) is 0.444. The second kappa shape index (κ2) is 6.44. The summed E-state index contributed by atoms with van der Waals surface area (Å²) in [7, 11) is 6.08. The van der Waals surface area contributed by atoms with Gasteiger partial charge in [0.25, 0.3) is 0 Å². The average Bonchev–Trinajstić information content (AvgIpc) is 3.17. The molecule has 122 valence electrons. The molecule has 0 spiro atoms. The Balaban J connectivity index is 1.77. The molecule has 5 nitrogen and oxygen atoms in total. The average molecular weight is 312 g/mol. The summed E-state index contributed by atoms with van der Waals surface area (Å²) in [5.74, 6) is 1.10. The Bertz CT molecular complexity index is 673. The van der Waals surface area contributed by atoms with Gasteiger partial charge in [-0.1, -0.05) is 0 Å². The van der Waals surface area contributed by atoms with E-state index < -0.39 is 0 Å². The van der Waals surface area contributed by atoms with Crippen LogP contribution in [0.3, 0.4) is 0 Å². The highest BCUT2D eigenvalue weighted by atomic mass is 15.4. The van der Waals surface area contributed by atoms with Gasteiger partial charge < -0.3 is 4.90 Å². The number of hydrazone groups is 1. The maximum atomic E-state index is 4.73. The first-order valence-corrected chi connectivity index (χ1v) is 8.21. The summed E-state index contributed by atoms with van der Waals surface area (Å²) < 4.78 is 4.17. The Kier molecular flexibility index (Phi) is 4.37. The Hall–Kier alpha value is -2.30. The van der Waals surface area contributed by atoms with Gasteiger partial charge >= 0.3 is 5.82 Å². The summed E-state index contributed by atoms with van der Waals surface area (Å²) in [6.45, 7) is 4.40. The minimum absolute atomic E-state index is 0.992. The van der Waals surface area contributed by atoms with Gasteiger partial charge in [-0.3, -0.25) is 5.01 Å². The zero-order chi connectivity index (χ0) is 16.4. The predicted octanol–water partition coefficient (Wildman–Crippen LogP) is 2.31. The third-order valence-electron chi connectivity index (χ3n) is 4.50. The molecule has 1 aliphatic rings. The van der Waals surface area contributed by atoms with Crippen molar-refractivity contribution >= 4 is 17.1 Å². The number of anilines is 2. The Morgan fingerprint density at radius 2 is 1.83 bits per heavy atom. The van der Waals surface area contributed by atoms with Gasteiger partial charge in [-0.25, -0.2) is 9.13 Å². The van der Waals surface area contributed by atoms with Crippen LogP contribution in [0.1, 0.15) is 25.6 Å². The first-order valence-electron chi connectivity index (χ1n) is 8.21.